The van der Waals surface area contributed by atoms with Gasteiger partial charge in [-0.05, 0) is 36.6 Å². The van der Waals surface area contributed by atoms with Crippen LogP contribution in [-0.4, -0.2) is 60.5 Å². The summed E-state index contributed by atoms with van der Waals surface area (Å²) < 4.78 is 19.3. The van der Waals surface area contributed by atoms with Crippen molar-refractivity contribution in [2.75, 3.05) is 39.3 Å². The van der Waals surface area contributed by atoms with E-state index >= 15 is 0 Å². The maximum atomic E-state index is 13.0. The molecule has 1 fully saturated rings. The summed E-state index contributed by atoms with van der Waals surface area (Å²) in [6, 6.07) is 16.6. The molecule has 0 spiro atoms. The molecule has 4 nitrogen and oxygen atoms in total. The zero-order chi connectivity index (χ0) is 21.6. The molecule has 1 aliphatic heterocycles. The highest BCUT2D eigenvalue weighted by Crippen LogP contribution is 2.24. The maximum Gasteiger partial charge on any atom is 0.123 e. The van der Waals surface area contributed by atoms with Crippen LogP contribution in [0.5, 0.6) is 0 Å². The lowest BCUT2D eigenvalue weighted by molar-refractivity contribution is -0.0779. The van der Waals surface area contributed by atoms with Crippen molar-refractivity contribution in [2.24, 2.45) is 0 Å². The van der Waals surface area contributed by atoms with Gasteiger partial charge in [-0.3, -0.25) is 4.90 Å². The first-order valence-electron chi connectivity index (χ1n) is 10.9. The van der Waals surface area contributed by atoms with Gasteiger partial charge in [0.2, 0.25) is 0 Å². The van der Waals surface area contributed by atoms with E-state index in [9.17, 15) is 9.50 Å². The van der Waals surface area contributed by atoms with Crippen molar-refractivity contribution >= 4 is 0 Å². The second-order valence-electron chi connectivity index (χ2n) is 8.89. The third-order valence-electron chi connectivity index (χ3n) is 6.14. The molecule has 5 heteroatoms. The number of rotatable bonds is 9. The summed E-state index contributed by atoms with van der Waals surface area (Å²) in [4.78, 5) is 4.76. The second kappa shape index (κ2) is 10.5. The normalized spacial score (nSPS) is 18.3. The summed E-state index contributed by atoms with van der Waals surface area (Å²) >= 11 is 0. The van der Waals surface area contributed by atoms with E-state index in [0.29, 0.717) is 13.0 Å². The Morgan fingerprint density at radius 2 is 1.63 bits per heavy atom. The minimum atomic E-state index is -0.550. The Hall–Kier alpha value is -1.79. The minimum absolute atomic E-state index is 0.0200. The summed E-state index contributed by atoms with van der Waals surface area (Å²) in [5.41, 5.74) is 2.05. The lowest BCUT2D eigenvalue weighted by atomic mass is 9.86. The Morgan fingerprint density at radius 3 is 2.27 bits per heavy atom. The Kier molecular flexibility index (Phi) is 8.00. The molecule has 1 saturated heterocycles. The second-order valence-corrected chi connectivity index (χ2v) is 8.89. The van der Waals surface area contributed by atoms with Crippen molar-refractivity contribution in [3.8, 4) is 0 Å². The molecular formula is C25H35FN2O2. The highest BCUT2D eigenvalue weighted by molar-refractivity contribution is 5.23. The van der Waals surface area contributed by atoms with Crippen LogP contribution in [0.1, 0.15) is 44.4 Å². The summed E-state index contributed by atoms with van der Waals surface area (Å²) in [6.07, 6.45) is 0.189. The fourth-order valence-electron chi connectivity index (χ4n) is 3.91. The standard InChI is InChI=1S/C25H35FN2O2/c1-20(30-19-25(2,3)22-7-5-4-6-8-22)28-17-15-27(16-18-28)14-13-24(29)21-9-11-23(26)12-10-21/h4-12,20,24,29H,13-19H2,1-3H3. The van der Waals surface area contributed by atoms with Crippen molar-refractivity contribution in [2.45, 2.75) is 44.9 Å². The van der Waals surface area contributed by atoms with Crippen LogP contribution in [0.4, 0.5) is 4.39 Å². The zero-order valence-corrected chi connectivity index (χ0v) is 18.4. The van der Waals surface area contributed by atoms with E-state index in [1.807, 2.05) is 6.07 Å². The monoisotopic (exact) mass is 414 g/mol. The maximum absolute atomic E-state index is 13.0. The molecule has 30 heavy (non-hydrogen) atoms. The average Bonchev–Trinajstić information content (AvgIpc) is 2.77. The molecule has 2 unspecified atom stereocenters. The van der Waals surface area contributed by atoms with Crippen LogP contribution in [0.15, 0.2) is 54.6 Å². The molecule has 0 saturated carbocycles. The lowest BCUT2D eigenvalue weighted by Gasteiger charge is -2.39. The van der Waals surface area contributed by atoms with Crippen LogP contribution in [0.25, 0.3) is 0 Å². The van der Waals surface area contributed by atoms with Gasteiger partial charge in [0.05, 0.1) is 12.7 Å². The van der Waals surface area contributed by atoms with Crippen molar-refractivity contribution in [1.29, 1.82) is 0 Å². The van der Waals surface area contributed by atoms with E-state index in [2.05, 4.69) is 54.8 Å². The Labute approximate surface area is 180 Å². The van der Waals surface area contributed by atoms with E-state index in [0.717, 1.165) is 38.3 Å². The molecule has 0 aromatic heterocycles. The smallest absolute Gasteiger partial charge is 0.123 e. The highest BCUT2D eigenvalue weighted by Gasteiger charge is 2.26. The number of nitrogens with zero attached hydrogens (tertiary/aromatic N) is 2. The number of hydrogen-bond acceptors (Lipinski definition) is 4. The van der Waals surface area contributed by atoms with Gasteiger partial charge in [-0.15, -0.1) is 0 Å². The van der Waals surface area contributed by atoms with Gasteiger partial charge in [-0.25, -0.2) is 4.39 Å². The minimum Gasteiger partial charge on any atom is -0.388 e. The summed E-state index contributed by atoms with van der Waals surface area (Å²) in [5.74, 6) is -0.273. The molecule has 0 bridgehead atoms. The van der Waals surface area contributed by atoms with Crippen LogP contribution in [0.3, 0.4) is 0 Å². The quantitative estimate of drug-likeness (QED) is 0.667. The van der Waals surface area contributed by atoms with Gasteiger partial charge in [0, 0.05) is 38.1 Å². The fraction of sp³-hybridized carbons (Fsp3) is 0.520. The summed E-state index contributed by atoms with van der Waals surface area (Å²) in [5, 5.41) is 10.3. The molecule has 2 aromatic carbocycles. The SMILES string of the molecule is CC(OCC(C)(C)c1ccccc1)N1CCN(CCC(O)c2ccc(F)cc2)CC1. The third kappa shape index (κ3) is 6.35. The summed E-state index contributed by atoms with van der Waals surface area (Å²) in [7, 11) is 0. The Balaban J connectivity index is 1.39. The molecule has 0 amide bonds. The molecule has 0 aliphatic carbocycles. The van der Waals surface area contributed by atoms with Gasteiger partial charge >= 0.3 is 0 Å². The van der Waals surface area contributed by atoms with Crippen molar-refractivity contribution < 1.29 is 14.2 Å². The molecule has 1 N–H and O–H groups in total. The van der Waals surface area contributed by atoms with E-state index in [1.54, 1.807) is 12.1 Å². The Bertz CT molecular complexity index is 758. The Morgan fingerprint density at radius 1 is 1.00 bits per heavy atom. The molecular weight excluding hydrogens is 379 g/mol. The largest absolute Gasteiger partial charge is 0.388 e. The first kappa shape index (κ1) is 22.9. The molecule has 2 atom stereocenters. The van der Waals surface area contributed by atoms with Crippen molar-refractivity contribution in [3.05, 3.63) is 71.5 Å². The van der Waals surface area contributed by atoms with Crippen LogP contribution < -0.4 is 0 Å². The predicted molar refractivity (Wildman–Crippen MR) is 119 cm³/mol. The van der Waals surface area contributed by atoms with Gasteiger partial charge < -0.3 is 14.7 Å². The number of piperazine rings is 1. The van der Waals surface area contributed by atoms with Crippen LogP contribution >= 0.6 is 0 Å². The molecule has 1 aliphatic rings. The molecule has 1 heterocycles. The van der Waals surface area contributed by atoms with Crippen LogP contribution in [-0.2, 0) is 10.2 Å². The average molecular weight is 415 g/mol. The molecule has 2 aromatic rings. The molecule has 3 rings (SSSR count). The van der Waals surface area contributed by atoms with Gasteiger partial charge in [0.15, 0.2) is 0 Å². The van der Waals surface area contributed by atoms with Gasteiger partial charge in [-0.1, -0.05) is 56.3 Å². The highest BCUT2D eigenvalue weighted by atomic mass is 19.1. The zero-order valence-electron chi connectivity index (χ0n) is 18.4. The number of ether oxygens (including phenoxy) is 1. The van der Waals surface area contributed by atoms with E-state index < -0.39 is 6.10 Å². The first-order valence-corrected chi connectivity index (χ1v) is 10.9. The van der Waals surface area contributed by atoms with Gasteiger partial charge in [0.1, 0.15) is 12.0 Å². The number of halogens is 1. The van der Waals surface area contributed by atoms with Crippen molar-refractivity contribution in [1.82, 2.24) is 9.80 Å². The molecule has 164 valence electrons. The van der Waals surface area contributed by atoms with Gasteiger partial charge in [0.25, 0.3) is 0 Å². The number of hydrogen-bond donors (Lipinski definition) is 1. The number of benzene rings is 2. The van der Waals surface area contributed by atoms with Crippen LogP contribution in [0, 0.1) is 5.82 Å². The topological polar surface area (TPSA) is 35.9 Å². The summed E-state index contributed by atoms with van der Waals surface area (Å²) in [6.45, 7) is 11.9. The van der Waals surface area contributed by atoms with E-state index in [-0.39, 0.29) is 17.5 Å². The number of aliphatic hydroxyl groups is 1. The first-order chi connectivity index (χ1) is 14.3. The lowest BCUT2D eigenvalue weighted by Crippen LogP contribution is -2.51. The van der Waals surface area contributed by atoms with Gasteiger partial charge in [-0.2, -0.15) is 0 Å². The number of aliphatic hydroxyl groups excluding tert-OH is 1. The van der Waals surface area contributed by atoms with E-state index in [1.165, 1.54) is 17.7 Å². The fourth-order valence-corrected chi connectivity index (χ4v) is 3.91. The third-order valence-corrected chi connectivity index (χ3v) is 6.14. The predicted octanol–water partition coefficient (Wildman–Crippen LogP) is 4.21. The molecule has 0 radical (unpaired) electrons. The van der Waals surface area contributed by atoms with Crippen molar-refractivity contribution in [3.63, 3.8) is 0 Å². The van der Waals surface area contributed by atoms with Crippen LogP contribution in [0.2, 0.25) is 0 Å². The van der Waals surface area contributed by atoms with E-state index in [4.69, 9.17) is 4.74 Å².